The van der Waals surface area contributed by atoms with Gasteiger partial charge >= 0.3 is 0 Å². The molecule has 5 nitrogen and oxygen atoms in total. The lowest BCUT2D eigenvalue weighted by molar-refractivity contribution is -0.137. The maximum atomic E-state index is 12.9. The van der Waals surface area contributed by atoms with Gasteiger partial charge in [0.1, 0.15) is 6.04 Å². The molecule has 2 heterocycles. The van der Waals surface area contributed by atoms with E-state index in [9.17, 15) is 9.59 Å². The van der Waals surface area contributed by atoms with Crippen LogP contribution in [0, 0.1) is 5.92 Å². The number of carbonyl (C=O) groups is 2. The Morgan fingerprint density at radius 1 is 1.28 bits per heavy atom. The zero-order chi connectivity index (χ0) is 18.4. The van der Waals surface area contributed by atoms with Gasteiger partial charge < -0.3 is 15.1 Å². The largest absolute Gasteiger partial charge is 0.341 e. The molecule has 1 saturated heterocycles. The first-order valence-corrected chi connectivity index (χ1v) is 9.74. The number of hydrogen-bond acceptors (Lipinski definition) is 4. The number of piperazine rings is 1. The summed E-state index contributed by atoms with van der Waals surface area (Å²) in [6.07, 6.45) is 2.52. The second kappa shape index (κ2) is 9.15. The maximum absolute atomic E-state index is 12.9. The molecule has 6 heteroatoms. The summed E-state index contributed by atoms with van der Waals surface area (Å²) in [6.45, 7) is 9.15. The lowest BCUT2D eigenvalue weighted by atomic mass is 10.0. The van der Waals surface area contributed by atoms with E-state index in [1.165, 1.54) is 0 Å². The summed E-state index contributed by atoms with van der Waals surface area (Å²) in [7, 11) is 2.06. The van der Waals surface area contributed by atoms with Crippen molar-refractivity contribution in [2.45, 2.75) is 33.2 Å². The average Bonchev–Trinajstić information content (AvgIpc) is 3.06. The van der Waals surface area contributed by atoms with Crippen LogP contribution in [0.3, 0.4) is 0 Å². The van der Waals surface area contributed by atoms with E-state index in [0.717, 1.165) is 31.1 Å². The third kappa shape index (κ3) is 5.97. The highest BCUT2D eigenvalue weighted by Gasteiger charge is 2.28. The number of amides is 2. The third-order valence-electron chi connectivity index (χ3n) is 4.39. The Morgan fingerprint density at radius 2 is 1.96 bits per heavy atom. The van der Waals surface area contributed by atoms with Crippen molar-refractivity contribution >= 4 is 29.2 Å². The molecular weight excluding hydrogens is 334 g/mol. The number of thiophene rings is 1. The van der Waals surface area contributed by atoms with Crippen LogP contribution in [-0.2, 0) is 9.59 Å². The first-order chi connectivity index (χ1) is 11.9. The van der Waals surface area contributed by atoms with Crippen LogP contribution >= 0.6 is 11.3 Å². The van der Waals surface area contributed by atoms with Crippen molar-refractivity contribution in [2.24, 2.45) is 5.92 Å². The zero-order valence-corrected chi connectivity index (χ0v) is 16.4. The molecule has 1 aromatic heterocycles. The molecule has 1 fully saturated rings. The van der Waals surface area contributed by atoms with E-state index in [-0.39, 0.29) is 11.8 Å². The fourth-order valence-electron chi connectivity index (χ4n) is 2.86. The first-order valence-electron chi connectivity index (χ1n) is 8.87. The van der Waals surface area contributed by atoms with E-state index >= 15 is 0 Å². The highest BCUT2D eigenvalue weighted by Crippen LogP contribution is 2.15. The Bertz CT molecular complexity index is 602. The van der Waals surface area contributed by atoms with Gasteiger partial charge in [0.05, 0.1) is 0 Å². The maximum Gasteiger partial charge on any atom is 0.247 e. The first kappa shape index (κ1) is 19.7. The highest BCUT2D eigenvalue weighted by molar-refractivity contribution is 7.10. The molecule has 1 N–H and O–H groups in total. The molecule has 2 amide bonds. The second-order valence-corrected chi connectivity index (χ2v) is 8.11. The van der Waals surface area contributed by atoms with Crippen LogP contribution in [0.15, 0.2) is 23.1 Å². The molecule has 1 aromatic rings. The molecule has 1 aliphatic rings. The van der Waals surface area contributed by atoms with Gasteiger partial charge in [0, 0.05) is 36.6 Å². The van der Waals surface area contributed by atoms with Crippen LogP contribution in [0.4, 0.5) is 0 Å². The van der Waals surface area contributed by atoms with E-state index in [0.29, 0.717) is 17.9 Å². The van der Waals surface area contributed by atoms with Gasteiger partial charge in [0.25, 0.3) is 0 Å². The molecule has 0 aromatic carbocycles. The van der Waals surface area contributed by atoms with Gasteiger partial charge in [-0.15, -0.1) is 11.3 Å². The van der Waals surface area contributed by atoms with Crippen molar-refractivity contribution in [1.29, 1.82) is 0 Å². The van der Waals surface area contributed by atoms with Crippen molar-refractivity contribution in [3.63, 3.8) is 0 Å². The summed E-state index contributed by atoms with van der Waals surface area (Å²) in [5.41, 5.74) is 0.627. The lowest BCUT2D eigenvalue weighted by Gasteiger charge is -2.35. The number of rotatable bonds is 6. The summed E-state index contributed by atoms with van der Waals surface area (Å²) in [4.78, 5) is 30.6. The molecule has 0 unspecified atom stereocenters. The van der Waals surface area contributed by atoms with Crippen molar-refractivity contribution < 1.29 is 9.59 Å². The molecule has 1 atom stereocenters. The van der Waals surface area contributed by atoms with Gasteiger partial charge in [-0.25, -0.2) is 0 Å². The summed E-state index contributed by atoms with van der Waals surface area (Å²) in [5, 5.41) is 4.94. The Labute approximate surface area is 154 Å². The molecule has 0 saturated carbocycles. The Balaban J connectivity index is 2.03. The van der Waals surface area contributed by atoms with Crippen molar-refractivity contribution in [1.82, 2.24) is 15.1 Å². The molecule has 0 bridgehead atoms. The monoisotopic (exact) mass is 363 g/mol. The smallest absolute Gasteiger partial charge is 0.247 e. The predicted octanol–water partition coefficient (Wildman–Crippen LogP) is 2.46. The number of nitrogens with zero attached hydrogens (tertiary/aromatic N) is 2. The fourth-order valence-corrected chi connectivity index (χ4v) is 3.58. The SMILES string of the molecule is C/C(=C\c1cccs1)C(=O)N[C@H](CC(C)C)C(=O)N1CCN(C)CC1. The van der Waals surface area contributed by atoms with E-state index in [4.69, 9.17) is 0 Å². The molecule has 1 aliphatic heterocycles. The van der Waals surface area contributed by atoms with E-state index in [1.54, 1.807) is 18.3 Å². The minimum Gasteiger partial charge on any atom is -0.341 e. The highest BCUT2D eigenvalue weighted by atomic mass is 32.1. The molecule has 0 aliphatic carbocycles. The lowest BCUT2D eigenvalue weighted by Crippen LogP contribution is -2.54. The van der Waals surface area contributed by atoms with E-state index < -0.39 is 6.04 Å². The normalized spacial score (nSPS) is 17.6. The van der Waals surface area contributed by atoms with Crippen LogP contribution in [0.5, 0.6) is 0 Å². The molecule has 138 valence electrons. The number of nitrogens with one attached hydrogen (secondary N) is 1. The standard InChI is InChI=1S/C19H29N3O2S/c1-14(2)12-17(19(24)22-9-7-21(4)8-10-22)20-18(23)15(3)13-16-6-5-11-25-16/h5-6,11,13-14,17H,7-10,12H2,1-4H3,(H,20,23)/b15-13+/t17-/m1/s1. The molecule has 0 radical (unpaired) electrons. The summed E-state index contributed by atoms with van der Waals surface area (Å²) in [6, 6.07) is 3.48. The van der Waals surface area contributed by atoms with Crippen molar-refractivity contribution in [3.05, 3.63) is 28.0 Å². The number of likely N-dealkylation sites (N-methyl/N-ethyl adjacent to an activating group) is 1. The minimum absolute atomic E-state index is 0.0408. The van der Waals surface area contributed by atoms with Gasteiger partial charge in [0.2, 0.25) is 11.8 Å². The van der Waals surface area contributed by atoms with E-state index in [1.807, 2.05) is 28.5 Å². The van der Waals surface area contributed by atoms with Gasteiger partial charge in [-0.2, -0.15) is 0 Å². The Hall–Kier alpha value is -1.66. The predicted molar refractivity (Wildman–Crippen MR) is 103 cm³/mol. The zero-order valence-electron chi connectivity index (χ0n) is 15.6. The van der Waals surface area contributed by atoms with Crippen LogP contribution in [0.1, 0.15) is 32.1 Å². The summed E-state index contributed by atoms with van der Waals surface area (Å²) in [5.74, 6) is 0.212. The van der Waals surface area contributed by atoms with Crippen LogP contribution in [0.25, 0.3) is 6.08 Å². The van der Waals surface area contributed by atoms with Gasteiger partial charge in [0.15, 0.2) is 0 Å². The number of carbonyl (C=O) groups excluding carboxylic acids is 2. The van der Waals surface area contributed by atoms with E-state index in [2.05, 4.69) is 31.1 Å². The van der Waals surface area contributed by atoms with Crippen LogP contribution in [-0.4, -0.2) is 60.9 Å². The van der Waals surface area contributed by atoms with Crippen molar-refractivity contribution in [2.75, 3.05) is 33.2 Å². The summed E-state index contributed by atoms with van der Waals surface area (Å²) < 4.78 is 0. The molecule has 2 rings (SSSR count). The summed E-state index contributed by atoms with van der Waals surface area (Å²) >= 11 is 1.59. The average molecular weight is 364 g/mol. The van der Waals surface area contributed by atoms with Gasteiger partial charge in [-0.3, -0.25) is 9.59 Å². The third-order valence-corrected chi connectivity index (χ3v) is 5.20. The second-order valence-electron chi connectivity index (χ2n) is 7.13. The van der Waals surface area contributed by atoms with Gasteiger partial charge in [-0.05, 0) is 43.8 Å². The van der Waals surface area contributed by atoms with Gasteiger partial charge in [-0.1, -0.05) is 19.9 Å². The Morgan fingerprint density at radius 3 is 2.52 bits per heavy atom. The van der Waals surface area contributed by atoms with Crippen molar-refractivity contribution in [3.8, 4) is 0 Å². The van der Waals surface area contributed by atoms with Crippen LogP contribution < -0.4 is 5.32 Å². The van der Waals surface area contributed by atoms with Crippen LogP contribution in [0.2, 0.25) is 0 Å². The quantitative estimate of drug-likeness (QED) is 0.790. The Kier molecular flexibility index (Phi) is 7.20. The number of hydrogen-bond donors (Lipinski definition) is 1. The molecular formula is C19H29N3O2S. The molecule has 0 spiro atoms. The molecule has 25 heavy (non-hydrogen) atoms. The minimum atomic E-state index is -0.456. The topological polar surface area (TPSA) is 52.7 Å². The fraction of sp³-hybridized carbons (Fsp3) is 0.579.